The van der Waals surface area contributed by atoms with E-state index < -0.39 is 78.3 Å². The highest BCUT2D eigenvalue weighted by atomic mass is 16.7. The van der Waals surface area contributed by atoms with Crippen molar-refractivity contribution >= 4 is 11.0 Å². The van der Waals surface area contributed by atoms with Gasteiger partial charge < -0.3 is 64.2 Å². The lowest BCUT2D eigenvalue weighted by atomic mass is 10.00. The number of ether oxygens (including phenoxy) is 4. The smallest absolute Gasteiger partial charge is 0.239 e. The molecule has 3 aromatic rings. The average molecular weight is 579 g/mol. The van der Waals surface area contributed by atoms with Gasteiger partial charge in [0.25, 0.3) is 0 Å². The van der Waals surface area contributed by atoms with Gasteiger partial charge in [-0.05, 0) is 38.1 Å². The summed E-state index contributed by atoms with van der Waals surface area (Å²) in [5.74, 6) is -1.55. The molecule has 2 saturated heterocycles. The van der Waals surface area contributed by atoms with Crippen molar-refractivity contribution in [3.05, 3.63) is 46.6 Å². The number of fused-ring (bicyclic) bond motifs is 1. The number of aliphatic hydroxyl groups excluding tert-OH is 6. The number of benzene rings is 2. The summed E-state index contributed by atoms with van der Waals surface area (Å²) in [5, 5.41) is 81.1. The summed E-state index contributed by atoms with van der Waals surface area (Å²) >= 11 is 0. The van der Waals surface area contributed by atoms with Crippen molar-refractivity contribution in [1.82, 2.24) is 0 Å². The normalized spacial score (nSPS) is 34.0. The van der Waals surface area contributed by atoms with Crippen LogP contribution in [-0.2, 0) is 9.47 Å². The maximum absolute atomic E-state index is 13.7. The van der Waals surface area contributed by atoms with E-state index >= 15 is 0 Å². The molecule has 41 heavy (non-hydrogen) atoms. The predicted molar refractivity (Wildman–Crippen MR) is 137 cm³/mol. The standard InChI is InChI=1S/C27H30O14/c1-9-17(30)20(33)22(35)26(37-9)39-13-7-14(29)16-15(8-13)40-24(11-3-5-12(28)6-4-11)25(19(16)32)41-27-23(36)21(34)18(31)10(2)38-27/h3-10,17-18,20-23,26-31,33-36H,1-2H3/t9-,10+,17-,18+,20+,21-,22+,23-,26-,27+/m0/s1. The molecule has 0 aliphatic carbocycles. The molecule has 0 unspecified atom stereocenters. The fourth-order valence-corrected chi connectivity index (χ4v) is 4.71. The summed E-state index contributed by atoms with van der Waals surface area (Å²) in [6.45, 7) is 2.90. The molecule has 2 aromatic carbocycles. The molecule has 2 aliphatic heterocycles. The van der Waals surface area contributed by atoms with Crippen molar-refractivity contribution in [2.24, 2.45) is 0 Å². The quantitative estimate of drug-likeness (QED) is 0.187. The molecule has 0 saturated carbocycles. The third-order valence-electron chi connectivity index (χ3n) is 7.14. The highest BCUT2D eigenvalue weighted by molar-refractivity contribution is 5.88. The fraction of sp³-hybridized carbons (Fsp3) is 0.444. The van der Waals surface area contributed by atoms with Crippen molar-refractivity contribution in [2.75, 3.05) is 0 Å². The maximum Gasteiger partial charge on any atom is 0.239 e. The van der Waals surface area contributed by atoms with Gasteiger partial charge in [-0.15, -0.1) is 0 Å². The number of aromatic hydroxyl groups is 2. The summed E-state index contributed by atoms with van der Waals surface area (Å²) in [6.07, 6.45) is -14.3. The molecule has 5 rings (SSSR count). The lowest BCUT2D eigenvalue weighted by Crippen LogP contribution is -2.58. The minimum atomic E-state index is -1.76. The predicted octanol–water partition coefficient (Wildman–Crippen LogP) is -0.716. The van der Waals surface area contributed by atoms with E-state index in [0.717, 1.165) is 6.07 Å². The Labute approximate surface area is 231 Å². The SMILES string of the molecule is C[C@@H]1O[C@@H](Oc2cc(O)c3c(=O)c(O[C@H]4O[C@H](C)[C@@H](O)[C@H](O)[C@@H]4O)c(-c4ccc(O)cc4)oc3c2)[C@H](O)[C@H](O)[C@H]1O. The van der Waals surface area contributed by atoms with Gasteiger partial charge in [-0.2, -0.15) is 0 Å². The molecule has 14 heteroatoms. The Bertz CT molecular complexity index is 1460. The summed E-state index contributed by atoms with van der Waals surface area (Å²) in [7, 11) is 0. The molecule has 8 N–H and O–H groups in total. The summed E-state index contributed by atoms with van der Waals surface area (Å²) in [4.78, 5) is 13.7. The molecule has 0 spiro atoms. The van der Waals surface area contributed by atoms with Crippen LogP contribution in [0.25, 0.3) is 22.3 Å². The van der Waals surface area contributed by atoms with Crippen molar-refractivity contribution in [2.45, 2.75) is 75.3 Å². The van der Waals surface area contributed by atoms with E-state index in [-0.39, 0.29) is 33.8 Å². The van der Waals surface area contributed by atoms with Crippen molar-refractivity contribution in [3.63, 3.8) is 0 Å². The summed E-state index contributed by atoms with van der Waals surface area (Å²) < 4.78 is 28.2. The van der Waals surface area contributed by atoms with E-state index in [0.29, 0.717) is 0 Å². The van der Waals surface area contributed by atoms with Crippen LogP contribution in [0.4, 0.5) is 0 Å². The fourth-order valence-electron chi connectivity index (χ4n) is 4.71. The lowest BCUT2D eigenvalue weighted by Gasteiger charge is -2.39. The van der Waals surface area contributed by atoms with Crippen LogP contribution >= 0.6 is 0 Å². The molecule has 0 bridgehead atoms. The average Bonchev–Trinajstić information content (AvgIpc) is 2.93. The Morgan fingerprint density at radius 3 is 1.80 bits per heavy atom. The number of phenols is 2. The molecule has 0 amide bonds. The molecule has 1 aromatic heterocycles. The van der Waals surface area contributed by atoms with Crippen LogP contribution in [0, 0.1) is 0 Å². The topological polar surface area (TPSA) is 229 Å². The molecule has 2 aliphatic rings. The van der Waals surface area contributed by atoms with Gasteiger partial charge in [0, 0.05) is 17.7 Å². The van der Waals surface area contributed by atoms with Gasteiger partial charge in [0.15, 0.2) is 5.76 Å². The molecule has 10 atom stereocenters. The van der Waals surface area contributed by atoms with E-state index in [1.54, 1.807) is 0 Å². The number of rotatable bonds is 5. The Hall–Kier alpha value is -3.47. The first-order valence-corrected chi connectivity index (χ1v) is 12.7. The number of phenolic OH excluding ortho intramolecular Hbond substituents is 2. The monoisotopic (exact) mass is 578 g/mol. The van der Waals surface area contributed by atoms with E-state index in [1.165, 1.54) is 44.2 Å². The van der Waals surface area contributed by atoms with Crippen molar-refractivity contribution < 1.29 is 64.2 Å². The molecular weight excluding hydrogens is 548 g/mol. The van der Waals surface area contributed by atoms with E-state index in [2.05, 4.69) is 0 Å². The second-order valence-corrected chi connectivity index (χ2v) is 10.1. The zero-order valence-electron chi connectivity index (χ0n) is 21.8. The minimum absolute atomic E-state index is 0.0859. The molecule has 222 valence electrons. The van der Waals surface area contributed by atoms with Crippen molar-refractivity contribution in [1.29, 1.82) is 0 Å². The zero-order chi connectivity index (χ0) is 29.7. The van der Waals surface area contributed by atoms with E-state index in [9.17, 15) is 45.6 Å². The van der Waals surface area contributed by atoms with Crippen LogP contribution in [-0.4, -0.2) is 102 Å². The van der Waals surface area contributed by atoms with Crippen LogP contribution in [0.5, 0.6) is 23.0 Å². The number of hydrogen-bond acceptors (Lipinski definition) is 14. The number of hydrogen-bond donors (Lipinski definition) is 8. The zero-order valence-corrected chi connectivity index (χ0v) is 21.8. The Morgan fingerprint density at radius 1 is 0.707 bits per heavy atom. The highest BCUT2D eigenvalue weighted by Crippen LogP contribution is 2.38. The first kappa shape index (κ1) is 29.0. The van der Waals surface area contributed by atoms with Gasteiger partial charge in [0.05, 0.1) is 12.2 Å². The first-order valence-electron chi connectivity index (χ1n) is 12.7. The Kier molecular flexibility index (Phi) is 7.84. The summed E-state index contributed by atoms with van der Waals surface area (Å²) in [5.41, 5.74) is -0.865. The largest absolute Gasteiger partial charge is 0.508 e. The molecule has 2 fully saturated rings. The molecule has 3 heterocycles. The van der Waals surface area contributed by atoms with Crippen LogP contribution in [0.15, 0.2) is 45.6 Å². The van der Waals surface area contributed by atoms with Crippen LogP contribution in [0.1, 0.15) is 13.8 Å². The van der Waals surface area contributed by atoms with Gasteiger partial charge in [-0.25, -0.2) is 0 Å². The second-order valence-electron chi connectivity index (χ2n) is 10.1. The molecular formula is C27H30O14. The minimum Gasteiger partial charge on any atom is -0.508 e. The van der Waals surface area contributed by atoms with Crippen LogP contribution in [0.3, 0.4) is 0 Å². The maximum atomic E-state index is 13.7. The van der Waals surface area contributed by atoms with Gasteiger partial charge in [0.1, 0.15) is 64.8 Å². The Morgan fingerprint density at radius 2 is 1.24 bits per heavy atom. The number of aliphatic hydroxyl groups is 6. The molecule has 14 nitrogen and oxygen atoms in total. The van der Waals surface area contributed by atoms with E-state index in [4.69, 9.17) is 23.4 Å². The van der Waals surface area contributed by atoms with Crippen LogP contribution in [0.2, 0.25) is 0 Å². The first-order chi connectivity index (χ1) is 19.4. The van der Waals surface area contributed by atoms with E-state index in [1.807, 2.05) is 0 Å². The Balaban J connectivity index is 1.58. The second kappa shape index (κ2) is 11.1. The van der Waals surface area contributed by atoms with Gasteiger partial charge in [-0.3, -0.25) is 4.79 Å². The summed E-state index contributed by atoms with van der Waals surface area (Å²) in [6, 6.07) is 7.71. The van der Waals surface area contributed by atoms with Gasteiger partial charge >= 0.3 is 0 Å². The highest BCUT2D eigenvalue weighted by Gasteiger charge is 2.45. The van der Waals surface area contributed by atoms with Crippen molar-refractivity contribution in [3.8, 4) is 34.3 Å². The molecule has 0 radical (unpaired) electrons. The third-order valence-corrected chi connectivity index (χ3v) is 7.14. The van der Waals surface area contributed by atoms with Crippen LogP contribution < -0.4 is 14.9 Å². The lowest BCUT2D eigenvalue weighted by molar-refractivity contribution is -0.268. The third kappa shape index (κ3) is 5.31. The van der Waals surface area contributed by atoms with Gasteiger partial charge in [0.2, 0.25) is 23.8 Å². The van der Waals surface area contributed by atoms with Gasteiger partial charge in [-0.1, -0.05) is 0 Å².